The highest BCUT2D eigenvalue weighted by atomic mass is 127. The van der Waals surface area contributed by atoms with Crippen LogP contribution in [0.15, 0.2) is 18.2 Å². The standard InChI is InChI=1S/C14H15IN4O2/c1-8(20)19-7-3-6-11(19)14(21)16-10-5-2-4-9-12(10)17-18-13(9)15/h2,4-5,11H,3,6-7H2,1H3,(H,16,21)(H,17,18)/t11-/m0/s1. The zero-order valence-corrected chi connectivity index (χ0v) is 13.7. The Morgan fingerprint density at radius 3 is 3.05 bits per heavy atom. The lowest BCUT2D eigenvalue weighted by atomic mass is 10.2. The minimum atomic E-state index is -0.379. The van der Waals surface area contributed by atoms with Crippen LogP contribution < -0.4 is 5.32 Å². The highest BCUT2D eigenvalue weighted by Gasteiger charge is 2.32. The summed E-state index contributed by atoms with van der Waals surface area (Å²) in [7, 11) is 0. The van der Waals surface area contributed by atoms with Crippen molar-refractivity contribution in [3.63, 3.8) is 0 Å². The maximum absolute atomic E-state index is 12.4. The minimum absolute atomic E-state index is 0.0554. The van der Waals surface area contributed by atoms with E-state index in [1.54, 1.807) is 4.90 Å². The van der Waals surface area contributed by atoms with Gasteiger partial charge in [-0.2, -0.15) is 5.10 Å². The van der Waals surface area contributed by atoms with Crippen molar-refractivity contribution in [1.82, 2.24) is 15.1 Å². The molecule has 0 unspecified atom stereocenters. The number of H-pyrrole nitrogens is 1. The summed E-state index contributed by atoms with van der Waals surface area (Å²) in [5, 5.41) is 11.0. The maximum Gasteiger partial charge on any atom is 0.247 e. The lowest BCUT2D eigenvalue weighted by molar-refractivity contribution is -0.134. The summed E-state index contributed by atoms with van der Waals surface area (Å²) >= 11 is 2.17. The van der Waals surface area contributed by atoms with Crippen molar-refractivity contribution in [3.05, 3.63) is 21.9 Å². The molecule has 110 valence electrons. The molecule has 0 aliphatic carbocycles. The third-order valence-corrected chi connectivity index (χ3v) is 4.58. The molecule has 2 aromatic rings. The molecule has 1 aliphatic heterocycles. The number of fused-ring (bicyclic) bond motifs is 1. The largest absolute Gasteiger partial charge is 0.331 e. The zero-order valence-electron chi connectivity index (χ0n) is 11.5. The van der Waals surface area contributed by atoms with E-state index in [9.17, 15) is 9.59 Å². The average molecular weight is 398 g/mol. The number of para-hydroxylation sites is 1. The van der Waals surface area contributed by atoms with Gasteiger partial charge in [-0.1, -0.05) is 6.07 Å². The summed E-state index contributed by atoms with van der Waals surface area (Å²) in [6, 6.07) is 5.28. The third kappa shape index (κ3) is 2.61. The molecule has 0 radical (unpaired) electrons. The van der Waals surface area contributed by atoms with Gasteiger partial charge in [0.1, 0.15) is 15.3 Å². The molecule has 6 nitrogen and oxygen atoms in total. The Morgan fingerprint density at radius 1 is 1.48 bits per heavy atom. The Labute approximate surface area is 135 Å². The van der Waals surface area contributed by atoms with Gasteiger partial charge in [-0.05, 0) is 47.6 Å². The first-order chi connectivity index (χ1) is 10.1. The number of likely N-dealkylation sites (tertiary alicyclic amines) is 1. The quantitative estimate of drug-likeness (QED) is 0.761. The summed E-state index contributed by atoms with van der Waals surface area (Å²) in [6.07, 6.45) is 1.57. The minimum Gasteiger partial charge on any atom is -0.331 e. The Kier molecular flexibility index (Phi) is 3.83. The molecule has 0 spiro atoms. The van der Waals surface area contributed by atoms with Gasteiger partial charge < -0.3 is 10.2 Å². The van der Waals surface area contributed by atoms with Gasteiger partial charge in [0, 0.05) is 18.9 Å². The lowest BCUT2D eigenvalue weighted by Crippen LogP contribution is -2.42. The van der Waals surface area contributed by atoms with Crippen molar-refractivity contribution in [2.75, 3.05) is 11.9 Å². The first-order valence-corrected chi connectivity index (χ1v) is 7.86. The van der Waals surface area contributed by atoms with Crippen molar-refractivity contribution in [2.45, 2.75) is 25.8 Å². The molecule has 3 rings (SSSR count). The number of hydrogen-bond donors (Lipinski definition) is 2. The highest BCUT2D eigenvalue weighted by molar-refractivity contribution is 14.1. The molecule has 2 N–H and O–H groups in total. The average Bonchev–Trinajstić information content (AvgIpc) is 3.07. The first kappa shape index (κ1) is 14.3. The van der Waals surface area contributed by atoms with Crippen molar-refractivity contribution >= 4 is 51.0 Å². The van der Waals surface area contributed by atoms with Crippen LogP contribution in [0.2, 0.25) is 0 Å². The summed E-state index contributed by atoms with van der Waals surface area (Å²) in [5.74, 6) is -0.201. The number of carbonyl (C=O) groups is 2. The van der Waals surface area contributed by atoms with E-state index in [4.69, 9.17) is 0 Å². The van der Waals surface area contributed by atoms with Crippen LogP contribution in [0.3, 0.4) is 0 Å². The van der Waals surface area contributed by atoms with Crippen LogP contribution in [0.5, 0.6) is 0 Å². The fraction of sp³-hybridized carbons (Fsp3) is 0.357. The molecule has 21 heavy (non-hydrogen) atoms. The Bertz CT molecular complexity index is 712. The molecule has 0 saturated carbocycles. The third-order valence-electron chi connectivity index (χ3n) is 3.76. The smallest absolute Gasteiger partial charge is 0.247 e. The second kappa shape index (κ2) is 5.63. The predicted molar refractivity (Wildman–Crippen MR) is 87.8 cm³/mol. The normalized spacial score (nSPS) is 18.2. The van der Waals surface area contributed by atoms with E-state index in [1.807, 2.05) is 18.2 Å². The number of aromatic amines is 1. The number of nitrogens with one attached hydrogen (secondary N) is 2. The van der Waals surface area contributed by atoms with Gasteiger partial charge in [0.25, 0.3) is 0 Å². The Morgan fingerprint density at radius 2 is 2.29 bits per heavy atom. The molecule has 1 saturated heterocycles. The van der Waals surface area contributed by atoms with Crippen LogP contribution in [0.25, 0.3) is 10.9 Å². The summed E-state index contributed by atoms with van der Waals surface area (Å²) in [5.41, 5.74) is 1.41. The molecule has 7 heteroatoms. The van der Waals surface area contributed by atoms with Crippen LogP contribution in [0, 0.1) is 3.70 Å². The molecule has 1 aliphatic rings. The number of nitrogens with zero attached hydrogens (tertiary/aromatic N) is 2. The molecule has 2 amide bonds. The molecule has 1 aromatic carbocycles. The Hall–Kier alpha value is -1.64. The number of aromatic nitrogens is 2. The number of carbonyl (C=O) groups excluding carboxylic acids is 2. The molecule has 2 heterocycles. The molecule has 0 bridgehead atoms. The second-order valence-corrected chi connectivity index (χ2v) is 6.18. The van der Waals surface area contributed by atoms with E-state index in [-0.39, 0.29) is 17.9 Å². The van der Waals surface area contributed by atoms with E-state index >= 15 is 0 Å². The second-order valence-electron chi connectivity index (χ2n) is 5.10. The summed E-state index contributed by atoms with van der Waals surface area (Å²) in [4.78, 5) is 25.6. The molecule has 1 aromatic heterocycles. The van der Waals surface area contributed by atoms with Crippen LogP contribution in [0.1, 0.15) is 19.8 Å². The first-order valence-electron chi connectivity index (χ1n) is 6.78. The molecular formula is C14H15IN4O2. The van der Waals surface area contributed by atoms with Crippen LogP contribution in [-0.4, -0.2) is 39.5 Å². The van der Waals surface area contributed by atoms with Gasteiger partial charge in [-0.15, -0.1) is 0 Å². The van der Waals surface area contributed by atoms with E-state index in [0.29, 0.717) is 18.7 Å². The van der Waals surface area contributed by atoms with Crippen molar-refractivity contribution in [1.29, 1.82) is 0 Å². The van der Waals surface area contributed by atoms with E-state index in [0.717, 1.165) is 21.0 Å². The van der Waals surface area contributed by atoms with E-state index in [2.05, 4.69) is 38.1 Å². The van der Waals surface area contributed by atoms with E-state index < -0.39 is 0 Å². The van der Waals surface area contributed by atoms with Crippen LogP contribution in [0.4, 0.5) is 5.69 Å². The highest BCUT2D eigenvalue weighted by Crippen LogP contribution is 2.26. The number of hydrogen-bond acceptors (Lipinski definition) is 3. The van der Waals surface area contributed by atoms with Gasteiger partial charge in [-0.3, -0.25) is 14.7 Å². The predicted octanol–water partition coefficient (Wildman–Crippen LogP) is 2.12. The fourth-order valence-electron chi connectivity index (χ4n) is 2.74. The number of amides is 2. The van der Waals surface area contributed by atoms with Gasteiger partial charge in [0.2, 0.25) is 11.8 Å². The number of anilines is 1. The summed E-state index contributed by atoms with van der Waals surface area (Å²) in [6.45, 7) is 2.15. The number of rotatable bonds is 2. The zero-order chi connectivity index (χ0) is 15.0. The number of halogens is 1. The van der Waals surface area contributed by atoms with Crippen LogP contribution >= 0.6 is 22.6 Å². The van der Waals surface area contributed by atoms with Crippen molar-refractivity contribution in [3.8, 4) is 0 Å². The van der Waals surface area contributed by atoms with Gasteiger partial charge in [0.15, 0.2) is 0 Å². The fourth-order valence-corrected chi connectivity index (χ4v) is 3.30. The monoisotopic (exact) mass is 398 g/mol. The Balaban J connectivity index is 1.85. The topological polar surface area (TPSA) is 78.1 Å². The van der Waals surface area contributed by atoms with Crippen LogP contribution in [-0.2, 0) is 9.59 Å². The lowest BCUT2D eigenvalue weighted by Gasteiger charge is -2.22. The van der Waals surface area contributed by atoms with E-state index in [1.165, 1.54) is 6.92 Å². The SMILES string of the molecule is CC(=O)N1CCC[C@H]1C(=O)Nc1cccc2c(I)[nH]nc12. The number of benzene rings is 1. The van der Waals surface area contributed by atoms with Gasteiger partial charge in [-0.25, -0.2) is 0 Å². The summed E-state index contributed by atoms with van der Waals surface area (Å²) < 4.78 is 0.935. The van der Waals surface area contributed by atoms with Gasteiger partial charge >= 0.3 is 0 Å². The molecule has 1 atom stereocenters. The molecular weight excluding hydrogens is 383 g/mol. The van der Waals surface area contributed by atoms with Gasteiger partial charge in [0.05, 0.1) is 5.69 Å². The van der Waals surface area contributed by atoms with Crippen molar-refractivity contribution in [2.24, 2.45) is 0 Å². The van der Waals surface area contributed by atoms with Crippen molar-refractivity contribution < 1.29 is 9.59 Å². The maximum atomic E-state index is 12.4. The molecule has 1 fully saturated rings.